The van der Waals surface area contributed by atoms with Crippen LogP contribution in [0.5, 0.6) is 0 Å². The fourth-order valence-corrected chi connectivity index (χ4v) is 1.56. The Hall–Kier alpha value is -1.79. The topological polar surface area (TPSA) is 26.3 Å². The Morgan fingerprint density at radius 1 is 1.22 bits per heavy atom. The molecular formula is C16H20O2. The van der Waals surface area contributed by atoms with Gasteiger partial charge >= 0.3 is 5.97 Å². The van der Waals surface area contributed by atoms with Gasteiger partial charge in [-0.25, -0.2) is 0 Å². The first kappa shape index (κ1) is 14.3. The van der Waals surface area contributed by atoms with Crippen molar-refractivity contribution in [2.75, 3.05) is 6.61 Å². The number of carbonyl (C=O) groups excluding carboxylic acids is 1. The minimum Gasteiger partial charge on any atom is -0.466 e. The third-order valence-corrected chi connectivity index (χ3v) is 2.45. The molecule has 0 atom stereocenters. The number of esters is 1. The van der Waals surface area contributed by atoms with Crippen LogP contribution in [-0.2, 0) is 16.0 Å². The predicted octanol–water partition coefficient (Wildman–Crippen LogP) is 3.67. The monoisotopic (exact) mass is 244 g/mol. The van der Waals surface area contributed by atoms with E-state index in [-0.39, 0.29) is 5.97 Å². The van der Waals surface area contributed by atoms with Gasteiger partial charge in [-0.15, -0.1) is 5.73 Å². The van der Waals surface area contributed by atoms with Crippen molar-refractivity contribution in [3.05, 3.63) is 53.8 Å². The molecule has 0 amide bonds. The maximum absolute atomic E-state index is 11.0. The van der Waals surface area contributed by atoms with Crippen LogP contribution >= 0.6 is 0 Å². The predicted molar refractivity (Wildman–Crippen MR) is 73.3 cm³/mol. The lowest BCUT2D eigenvalue weighted by Crippen LogP contribution is -2.02. The summed E-state index contributed by atoms with van der Waals surface area (Å²) in [6, 6.07) is 10.4. The van der Waals surface area contributed by atoms with Crippen molar-refractivity contribution < 1.29 is 9.53 Å². The van der Waals surface area contributed by atoms with E-state index in [1.165, 1.54) is 5.56 Å². The van der Waals surface area contributed by atoms with Crippen molar-refractivity contribution >= 4 is 5.97 Å². The highest BCUT2D eigenvalue weighted by molar-refractivity contribution is 5.69. The van der Waals surface area contributed by atoms with Crippen molar-refractivity contribution in [3.63, 3.8) is 0 Å². The Balaban J connectivity index is 2.15. The Labute approximate surface area is 109 Å². The van der Waals surface area contributed by atoms with Crippen LogP contribution < -0.4 is 0 Å². The van der Waals surface area contributed by atoms with Gasteiger partial charge in [-0.05, 0) is 43.9 Å². The van der Waals surface area contributed by atoms with Crippen molar-refractivity contribution in [2.24, 2.45) is 0 Å². The zero-order valence-electron chi connectivity index (χ0n) is 10.9. The molecule has 1 rings (SSSR count). The van der Waals surface area contributed by atoms with Gasteiger partial charge in [-0.2, -0.15) is 0 Å². The molecule has 0 aromatic heterocycles. The van der Waals surface area contributed by atoms with Crippen LogP contribution in [-0.4, -0.2) is 12.6 Å². The molecule has 0 saturated heterocycles. The summed E-state index contributed by atoms with van der Waals surface area (Å²) < 4.78 is 4.83. The molecule has 0 bridgehead atoms. The van der Waals surface area contributed by atoms with E-state index in [2.05, 4.69) is 17.9 Å². The molecule has 1 aromatic rings. The van der Waals surface area contributed by atoms with Crippen molar-refractivity contribution in [1.82, 2.24) is 0 Å². The molecule has 96 valence electrons. The fraction of sp³-hybridized carbons (Fsp3) is 0.375. The summed E-state index contributed by atoms with van der Waals surface area (Å²) in [5.41, 5.74) is 4.43. The van der Waals surface area contributed by atoms with Gasteiger partial charge < -0.3 is 4.74 Å². The van der Waals surface area contributed by atoms with Gasteiger partial charge in [-0.1, -0.05) is 30.3 Å². The molecule has 0 saturated carbocycles. The quantitative estimate of drug-likeness (QED) is 0.540. The van der Waals surface area contributed by atoms with Gasteiger partial charge in [0.1, 0.15) is 0 Å². The summed E-state index contributed by atoms with van der Waals surface area (Å²) in [5.74, 6) is -0.139. The maximum Gasteiger partial charge on any atom is 0.306 e. The third kappa shape index (κ3) is 6.72. The molecular weight excluding hydrogens is 224 g/mol. The first-order valence-corrected chi connectivity index (χ1v) is 6.42. The van der Waals surface area contributed by atoms with Crippen LogP contribution in [0.25, 0.3) is 0 Å². The zero-order chi connectivity index (χ0) is 13.1. The number of hydrogen-bond acceptors (Lipinski definition) is 2. The van der Waals surface area contributed by atoms with E-state index in [0.717, 1.165) is 12.8 Å². The summed E-state index contributed by atoms with van der Waals surface area (Å²) in [6.45, 7) is 2.27. The molecule has 0 heterocycles. The standard InChI is InChI=1S/C16H20O2/c1-2-18-16(17)14-10-5-3-4-7-11-15-12-8-6-9-13-15/h4-6,8-9,12-13H,2,7,10-11,14H2,1H3. The molecule has 2 nitrogen and oxygen atoms in total. The maximum atomic E-state index is 11.0. The number of rotatable bonds is 7. The van der Waals surface area contributed by atoms with Crippen molar-refractivity contribution in [3.8, 4) is 0 Å². The second-order valence-corrected chi connectivity index (χ2v) is 3.94. The van der Waals surface area contributed by atoms with E-state index < -0.39 is 0 Å². The Bertz CT molecular complexity index is 400. The summed E-state index contributed by atoms with van der Waals surface area (Å²) >= 11 is 0. The first-order chi connectivity index (χ1) is 8.83. The minimum absolute atomic E-state index is 0.139. The summed E-state index contributed by atoms with van der Waals surface area (Å²) in [7, 11) is 0. The third-order valence-electron chi connectivity index (χ3n) is 2.45. The van der Waals surface area contributed by atoms with Crippen LogP contribution in [0.15, 0.2) is 48.2 Å². The van der Waals surface area contributed by atoms with Crippen LogP contribution in [0.1, 0.15) is 31.7 Å². The average molecular weight is 244 g/mol. The average Bonchev–Trinajstić information content (AvgIpc) is 2.39. The van der Waals surface area contributed by atoms with Crippen molar-refractivity contribution in [1.29, 1.82) is 0 Å². The highest BCUT2D eigenvalue weighted by atomic mass is 16.5. The molecule has 0 aliphatic carbocycles. The van der Waals surface area contributed by atoms with E-state index >= 15 is 0 Å². The summed E-state index contributed by atoms with van der Waals surface area (Å²) in [4.78, 5) is 11.0. The fourth-order valence-electron chi connectivity index (χ4n) is 1.56. The number of benzene rings is 1. The molecule has 0 aliphatic heterocycles. The summed E-state index contributed by atoms with van der Waals surface area (Å²) in [6.07, 6.45) is 7.04. The van der Waals surface area contributed by atoms with Crippen LogP contribution in [0, 0.1) is 0 Å². The Kier molecular flexibility index (Phi) is 7.34. The second kappa shape index (κ2) is 9.26. The molecule has 0 aliphatic rings. The van der Waals surface area contributed by atoms with E-state index in [0.29, 0.717) is 19.4 Å². The van der Waals surface area contributed by atoms with Crippen LogP contribution in [0.4, 0.5) is 0 Å². The summed E-state index contributed by atoms with van der Waals surface area (Å²) in [5, 5.41) is 0. The SMILES string of the molecule is CCOC(=O)CCC=C=CCCc1ccccc1. The van der Waals surface area contributed by atoms with Gasteiger partial charge in [0.05, 0.1) is 6.61 Å². The minimum atomic E-state index is -0.139. The highest BCUT2D eigenvalue weighted by Gasteiger charge is 1.97. The smallest absolute Gasteiger partial charge is 0.306 e. The van der Waals surface area contributed by atoms with Gasteiger partial charge in [0.15, 0.2) is 0 Å². The van der Waals surface area contributed by atoms with Gasteiger partial charge in [0.2, 0.25) is 0 Å². The molecule has 18 heavy (non-hydrogen) atoms. The van der Waals surface area contributed by atoms with E-state index in [9.17, 15) is 4.79 Å². The van der Waals surface area contributed by atoms with Gasteiger partial charge in [0, 0.05) is 6.42 Å². The number of carbonyl (C=O) groups is 1. The van der Waals surface area contributed by atoms with Gasteiger partial charge in [-0.3, -0.25) is 4.79 Å². The molecule has 0 radical (unpaired) electrons. The van der Waals surface area contributed by atoms with Crippen LogP contribution in [0.2, 0.25) is 0 Å². The lowest BCUT2D eigenvalue weighted by molar-refractivity contribution is -0.142. The molecule has 0 N–H and O–H groups in total. The number of aryl methyl sites for hydroxylation is 1. The molecule has 1 aromatic carbocycles. The van der Waals surface area contributed by atoms with E-state index in [1.54, 1.807) is 0 Å². The zero-order valence-corrected chi connectivity index (χ0v) is 10.9. The number of ether oxygens (including phenoxy) is 1. The first-order valence-electron chi connectivity index (χ1n) is 6.42. The lowest BCUT2D eigenvalue weighted by atomic mass is 10.1. The largest absolute Gasteiger partial charge is 0.466 e. The lowest BCUT2D eigenvalue weighted by Gasteiger charge is -1.97. The number of allylic oxidation sites excluding steroid dienone is 1. The molecule has 2 heteroatoms. The van der Waals surface area contributed by atoms with Gasteiger partial charge in [0.25, 0.3) is 0 Å². The Morgan fingerprint density at radius 3 is 2.67 bits per heavy atom. The van der Waals surface area contributed by atoms with Crippen LogP contribution in [0.3, 0.4) is 0 Å². The molecule has 0 fully saturated rings. The highest BCUT2D eigenvalue weighted by Crippen LogP contribution is 2.02. The van der Waals surface area contributed by atoms with Crippen molar-refractivity contribution in [2.45, 2.75) is 32.6 Å². The normalized spacial score (nSPS) is 9.39. The second-order valence-electron chi connectivity index (χ2n) is 3.94. The van der Waals surface area contributed by atoms with E-state index in [1.807, 2.05) is 37.3 Å². The van der Waals surface area contributed by atoms with E-state index in [4.69, 9.17) is 4.74 Å². The molecule has 0 unspecified atom stereocenters. The molecule has 0 spiro atoms. The Morgan fingerprint density at radius 2 is 1.94 bits per heavy atom. The number of hydrogen-bond donors (Lipinski definition) is 0.